The van der Waals surface area contributed by atoms with E-state index in [1.807, 2.05) is 14.1 Å². The number of unbranched alkanes of at least 4 members (excludes halogenated alkanes) is 6. The number of amides is 6. The zero-order chi connectivity index (χ0) is 38.1. The molecule has 0 saturated carbocycles. The van der Waals surface area contributed by atoms with Crippen LogP contribution in [0.15, 0.2) is 0 Å². The van der Waals surface area contributed by atoms with Crippen LogP contribution < -0.4 is 31.9 Å². The third-order valence-corrected chi connectivity index (χ3v) is 9.24. The third-order valence-electron chi connectivity index (χ3n) is 8.31. The summed E-state index contributed by atoms with van der Waals surface area (Å²) in [4.78, 5) is 73.4. The molecule has 14 nitrogen and oxygen atoms in total. The summed E-state index contributed by atoms with van der Waals surface area (Å²) in [6.45, 7) is 9.62. The van der Waals surface area contributed by atoms with Gasteiger partial charge < -0.3 is 41.7 Å². The van der Waals surface area contributed by atoms with Gasteiger partial charge in [0.05, 0.1) is 11.5 Å². The molecule has 1 aliphatic heterocycles. The first-order chi connectivity index (χ1) is 24.5. The number of nitrogens with one attached hydrogen (secondary N) is 6. The molecular formula is C36H70N8O6S. The Labute approximate surface area is 311 Å². The predicted molar refractivity (Wildman–Crippen MR) is 206 cm³/mol. The van der Waals surface area contributed by atoms with Crippen LogP contribution in [0, 0.1) is 0 Å². The average Bonchev–Trinajstić information content (AvgIpc) is 3.61. The molecule has 6 amide bonds. The van der Waals surface area contributed by atoms with Crippen molar-refractivity contribution in [3.63, 3.8) is 0 Å². The van der Waals surface area contributed by atoms with Crippen molar-refractivity contribution < 1.29 is 28.8 Å². The Morgan fingerprint density at radius 1 is 0.686 bits per heavy atom. The summed E-state index contributed by atoms with van der Waals surface area (Å²) in [6.07, 6.45) is 12.8. The largest absolute Gasteiger partial charge is 0.357 e. The maximum atomic E-state index is 12.2. The number of hydrogen-bond acceptors (Lipinski definition) is 9. The monoisotopic (exact) mass is 743 g/mol. The second-order valence-electron chi connectivity index (χ2n) is 13.0. The highest BCUT2D eigenvalue weighted by atomic mass is 32.2. The van der Waals surface area contributed by atoms with E-state index in [1.54, 1.807) is 11.9 Å². The molecule has 1 atom stereocenters. The first-order valence-electron chi connectivity index (χ1n) is 19.0. The molecule has 0 bridgehead atoms. The van der Waals surface area contributed by atoms with Crippen molar-refractivity contribution in [1.82, 2.24) is 41.7 Å². The summed E-state index contributed by atoms with van der Waals surface area (Å²) >= 11 is 1.35. The Kier molecular flexibility index (Phi) is 31.1. The van der Waals surface area contributed by atoms with E-state index in [4.69, 9.17) is 0 Å². The number of carbonyl (C=O) groups excluding carboxylic acids is 6. The van der Waals surface area contributed by atoms with Gasteiger partial charge in [0.2, 0.25) is 35.4 Å². The lowest BCUT2D eigenvalue weighted by atomic mass is 10.1. The standard InChI is InChI=1S/C20H41N5O3S.C16H29N3O3/c1-4-5-6-10-23-19(27)16-29-17-20(28)24-12-8-15-25(3)14-7-11-22-18(26)9-13-21-2;1-13(20)18-11-7-5-3-4-6-10-15(21)19-12-8-9-14(19)16(22)17-2/h21H,4-17H2,1-3H3,(H,22,26)(H,23,27)(H,24,28);14H,3-12H2,1-2H3,(H,17,22)(H,18,20). The fourth-order valence-corrected chi connectivity index (χ4v) is 6.05. The summed E-state index contributed by atoms with van der Waals surface area (Å²) in [7, 11) is 5.49. The molecule has 1 heterocycles. The van der Waals surface area contributed by atoms with Gasteiger partial charge in [-0.3, -0.25) is 28.8 Å². The lowest BCUT2D eigenvalue weighted by Gasteiger charge is -2.23. The van der Waals surface area contributed by atoms with Gasteiger partial charge in [0, 0.05) is 66.1 Å². The SMILES string of the molecule is CCCCCNC(=O)CSCC(=O)NCCCN(C)CCCNC(=O)CCNC.CNC(=O)C1CCCN1C(=O)CCCCCCCNC(C)=O. The molecule has 1 unspecified atom stereocenters. The molecule has 0 radical (unpaired) electrons. The number of thioether (sulfide) groups is 1. The maximum Gasteiger partial charge on any atom is 0.242 e. The van der Waals surface area contributed by atoms with Gasteiger partial charge in [0.25, 0.3) is 0 Å². The second kappa shape index (κ2) is 33.0. The van der Waals surface area contributed by atoms with E-state index >= 15 is 0 Å². The van der Waals surface area contributed by atoms with Gasteiger partial charge in [0.1, 0.15) is 6.04 Å². The van der Waals surface area contributed by atoms with Crippen molar-refractivity contribution in [2.24, 2.45) is 0 Å². The second-order valence-corrected chi connectivity index (χ2v) is 14.0. The Bertz CT molecular complexity index is 989. The Balaban J connectivity index is 0.00000102. The summed E-state index contributed by atoms with van der Waals surface area (Å²) in [6, 6.07) is -0.268. The quantitative estimate of drug-likeness (QED) is 0.0652. The van der Waals surface area contributed by atoms with Crippen LogP contribution >= 0.6 is 11.8 Å². The van der Waals surface area contributed by atoms with E-state index in [0.29, 0.717) is 50.5 Å². The molecule has 0 spiro atoms. The van der Waals surface area contributed by atoms with Gasteiger partial charge in [0.15, 0.2) is 0 Å². The third kappa shape index (κ3) is 28.4. The van der Waals surface area contributed by atoms with E-state index in [9.17, 15) is 28.8 Å². The van der Waals surface area contributed by atoms with Crippen molar-refractivity contribution >= 4 is 47.2 Å². The number of nitrogens with zero attached hydrogens (tertiary/aromatic N) is 2. The van der Waals surface area contributed by atoms with Crippen LogP contribution in [0.2, 0.25) is 0 Å². The highest BCUT2D eigenvalue weighted by Gasteiger charge is 2.32. The van der Waals surface area contributed by atoms with Crippen molar-refractivity contribution in [2.75, 3.05) is 85.0 Å². The van der Waals surface area contributed by atoms with Gasteiger partial charge in [-0.15, -0.1) is 11.8 Å². The minimum Gasteiger partial charge on any atom is -0.357 e. The zero-order valence-electron chi connectivity index (χ0n) is 32.3. The van der Waals surface area contributed by atoms with Crippen LogP contribution in [0.5, 0.6) is 0 Å². The molecule has 15 heteroatoms. The highest BCUT2D eigenvalue weighted by Crippen LogP contribution is 2.19. The molecule has 1 aliphatic rings. The van der Waals surface area contributed by atoms with Crippen molar-refractivity contribution in [2.45, 2.75) is 110 Å². The molecule has 0 aromatic heterocycles. The number of likely N-dealkylation sites (tertiary alicyclic amines) is 1. The van der Waals surface area contributed by atoms with E-state index in [1.165, 1.54) is 18.7 Å². The maximum absolute atomic E-state index is 12.2. The highest BCUT2D eigenvalue weighted by molar-refractivity contribution is 8.00. The van der Waals surface area contributed by atoms with E-state index in [2.05, 4.69) is 43.7 Å². The molecule has 0 aromatic carbocycles. The number of carbonyl (C=O) groups is 6. The Morgan fingerprint density at radius 2 is 1.24 bits per heavy atom. The van der Waals surface area contributed by atoms with E-state index in [-0.39, 0.29) is 41.5 Å². The van der Waals surface area contributed by atoms with Gasteiger partial charge in [-0.25, -0.2) is 0 Å². The minimum absolute atomic E-state index is 0.00116. The zero-order valence-corrected chi connectivity index (χ0v) is 33.1. The van der Waals surface area contributed by atoms with Gasteiger partial charge in [-0.2, -0.15) is 0 Å². The Morgan fingerprint density at radius 3 is 1.82 bits per heavy atom. The molecule has 0 aromatic rings. The first-order valence-corrected chi connectivity index (χ1v) is 20.2. The predicted octanol–water partition coefficient (Wildman–Crippen LogP) is 1.78. The summed E-state index contributed by atoms with van der Waals surface area (Å²) < 4.78 is 0. The first kappa shape index (κ1) is 48.1. The van der Waals surface area contributed by atoms with Crippen molar-refractivity contribution in [1.29, 1.82) is 0 Å². The molecule has 1 fully saturated rings. The summed E-state index contributed by atoms with van der Waals surface area (Å²) in [5, 5.41) is 17.0. The van der Waals surface area contributed by atoms with Gasteiger partial charge in [-0.05, 0) is 72.1 Å². The average molecular weight is 743 g/mol. The summed E-state index contributed by atoms with van der Waals surface area (Å²) in [5.74, 6) is 0.755. The summed E-state index contributed by atoms with van der Waals surface area (Å²) in [5.41, 5.74) is 0. The van der Waals surface area contributed by atoms with Crippen molar-refractivity contribution in [3.05, 3.63) is 0 Å². The normalized spacial score (nSPS) is 13.6. The van der Waals surface area contributed by atoms with E-state index in [0.717, 1.165) is 103 Å². The molecule has 6 N–H and O–H groups in total. The van der Waals surface area contributed by atoms with E-state index < -0.39 is 0 Å². The van der Waals surface area contributed by atoms with Crippen LogP contribution in [-0.2, 0) is 28.8 Å². The van der Waals surface area contributed by atoms with Crippen LogP contribution in [-0.4, -0.2) is 136 Å². The Hall–Kier alpha value is -2.91. The molecule has 1 rings (SSSR count). The lowest BCUT2D eigenvalue weighted by Crippen LogP contribution is -2.44. The molecule has 1 saturated heterocycles. The number of hydrogen-bond donors (Lipinski definition) is 6. The number of rotatable bonds is 28. The van der Waals surface area contributed by atoms with Gasteiger partial charge in [-0.1, -0.05) is 39.0 Å². The number of likely N-dealkylation sites (N-methyl/N-ethyl adjacent to an activating group) is 1. The fourth-order valence-electron chi connectivity index (χ4n) is 5.38. The smallest absolute Gasteiger partial charge is 0.242 e. The minimum atomic E-state index is -0.268. The topological polar surface area (TPSA) is 181 Å². The van der Waals surface area contributed by atoms with Crippen LogP contribution in [0.25, 0.3) is 0 Å². The molecule has 296 valence electrons. The van der Waals surface area contributed by atoms with Crippen LogP contribution in [0.4, 0.5) is 0 Å². The molecular weight excluding hydrogens is 673 g/mol. The van der Waals surface area contributed by atoms with Crippen LogP contribution in [0.1, 0.15) is 104 Å². The van der Waals surface area contributed by atoms with Crippen molar-refractivity contribution in [3.8, 4) is 0 Å². The van der Waals surface area contributed by atoms with Crippen LogP contribution in [0.3, 0.4) is 0 Å². The molecule has 51 heavy (non-hydrogen) atoms. The fraction of sp³-hybridized carbons (Fsp3) is 0.833. The van der Waals surface area contributed by atoms with Gasteiger partial charge >= 0.3 is 0 Å². The molecule has 0 aliphatic carbocycles. The lowest BCUT2D eigenvalue weighted by molar-refractivity contribution is -0.138.